The second-order valence-electron chi connectivity index (χ2n) is 6.19. The molecule has 0 saturated carbocycles. The molecule has 2 aromatic rings. The molecule has 26 heavy (non-hydrogen) atoms. The predicted molar refractivity (Wildman–Crippen MR) is 94.8 cm³/mol. The van der Waals surface area contributed by atoms with Crippen molar-refractivity contribution in [2.75, 3.05) is 0 Å². The van der Waals surface area contributed by atoms with Gasteiger partial charge in [-0.25, -0.2) is 0 Å². The Kier molecular flexibility index (Phi) is 4.84. The van der Waals surface area contributed by atoms with Crippen LogP contribution < -0.4 is 4.74 Å². The van der Waals surface area contributed by atoms with Gasteiger partial charge in [0.15, 0.2) is 0 Å². The number of halogens is 4. The Morgan fingerprint density at radius 2 is 1.88 bits per heavy atom. The number of benzene rings is 2. The molecule has 1 aliphatic heterocycles. The summed E-state index contributed by atoms with van der Waals surface area (Å²) in [6.07, 6.45) is -1.12. The van der Waals surface area contributed by atoms with Crippen molar-refractivity contribution in [1.29, 1.82) is 0 Å². The number of fused-ring (bicyclic) bond motifs is 1. The van der Waals surface area contributed by atoms with E-state index in [1.165, 1.54) is 13.0 Å². The molecule has 6 heteroatoms. The standard InChI is InChI=1S/C20H16ClF3O2/c1-2-19(20(22,23)24)8-7-15-10-17(21)16(11-18(15)26-19)9-13-3-5-14(12-25)6-4-13/h3-8,10-12H,2,9H2,1H3. The van der Waals surface area contributed by atoms with Gasteiger partial charge in [-0.05, 0) is 42.2 Å². The molecule has 1 unspecified atom stereocenters. The fraction of sp³-hybridized carbons (Fsp3) is 0.250. The number of carbonyl (C=O) groups excluding carboxylic acids is 1. The lowest BCUT2D eigenvalue weighted by Gasteiger charge is -2.36. The molecule has 1 atom stereocenters. The highest BCUT2D eigenvalue weighted by atomic mass is 35.5. The highest BCUT2D eigenvalue weighted by Gasteiger charge is 2.55. The largest absolute Gasteiger partial charge is 0.473 e. The zero-order valence-corrected chi connectivity index (χ0v) is 14.7. The lowest BCUT2D eigenvalue weighted by atomic mass is 9.93. The molecule has 0 bridgehead atoms. The van der Waals surface area contributed by atoms with Gasteiger partial charge in [-0.2, -0.15) is 13.2 Å². The van der Waals surface area contributed by atoms with Gasteiger partial charge in [0, 0.05) is 16.1 Å². The average Bonchev–Trinajstić information content (AvgIpc) is 2.61. The topological polar surface area (TPSA) is 26.3 Å². The van der Waals surface area contributed by atoms with Gasteiger partial charge in [0.2, 0.25) is 5.60 Å². The second-order valence-corrected chi connectivity index (χ2v) is 6.60. The van der Waals surface area contributed by atoms with E-state index in [2.05, 4.69) is 0 Å². The Hall–Kier alpha value is -2.27. The lowest BCUT2D eigenvalue weighted by molar-refractivity contribution is -0.230. The molecule has 3 rings (SSSR count). The van der Waals surface area contributed by atoms with E-state index in [1.54, 1.807) is 36.4 Å². The van der Waals surface area contributed by atoms with Crippen molar-refractivity contribution >= 4 is 24.0 Å². The van der Waals surface area contributed by atoms with Gasteiger partial charge in [0.25, 0.3) is 0 Å². The lowest BCUT2D eigenvalue weighted by Crippen LogP contribution is -2.49. The third kappa shape index (κ3) is 3.36. The maximum Gasteiger partial charge on any atom is 0.432 e. The smallest absolute Gasteiger partial charge is 0.432 e. The normalized spacial score (nSPS) is 19.0. The van der Waals surface area contributed by atoms with Crippen molar-refractivity contribution < 1.29 is 22.7 Å². The molecule has 0 radical (unpaired) electrons. The predicted octanol–water partition coefficient (Wildman–Crippen LogP) is 5.86. The van der Waals surface area contributed by atoms with Crippen LogP contribution in [0.3, 0.4) is 0 Å². The molecule has 1 heterocycles. The summed E-state index contributed by atoms with van der Waals surface area (Å²) in [6.45, 7) is 1.44. The molecule has 2 aromatic carbocycles. The summed E-state index contributed by atoms with van der Waals surface area (Å²) >= 11 is 6.30. The fourth-order valence-corrected chi connectivity index (χ4v) is 3.14. The number of carbonyl (C=O) groups is 1. The first-order valence-corrected chi connectivity index (χ1v) is 8.47. The number of hydrogen-bond acceptors (Lipinski definition) is 2. The van der Waals surface area contributed by atoms with Crippen LogP contribution in [0.5, 0.6) is 5.75 Å². The second kappa shape index (κ2) is 6.80. The molecule has 0 N–H and O–H groups in total. The average molecular weight is 381 g/mol. The van der Waals surface area contributed by atoms with E-state index >= 15 is 0 Å². The maximum absolute atomic E-state index is 13.5. The van der Waals surface area contributed by atoms with Crippen LogP contribution >= 0.6 is 11.6 Å². The third-order valence-corrected chi connectivity index (χ3v) is 4.87. The van der Waals surface area contributed by atoms with Gasteiger partial charge in [0.1, 0.15) is 12.0 Å². The Labute approximate surface area is 154 Å². The van der Waals surface area contributed by atoms with Crippen molar-refractivity contribution in [2.45, 2.75) is 31.5 Å². The van der Waals surface area contributed by atoms with E-state index in [0.29, 0.717) is 28.1 Å². The van der Waals surface area contributed by atoms with E-state index in [0.717, 1.165) is 17.9 Å². The van der Waals surface area contributed by atoms with Crippen LogP contribution in [0, 0.1) is 0 Å². The van der Waals surface area contributed by atoms with Gasteiger partial charge < -0.3 is 4.74 Å². The summed E-state index contributed by atoms with van der Waals surface area (Å²) < 4.78 is 45.8. The van der Waals surface area contributed by atoms with E-state index < -0.39 is 11.8 Å². The van der Waals surface area contributed by atoms with E-state index in [1.807, 2.05) is 0 Å². The molecule has 2 nitrogen and oxygen atoms in total. The molecule has 0 aromatic heterocycles. The zero-order chi connectivity index (χ0) is 18.9. The van der Waals surface area contributed by atoms with Crippen LogP contribution in [0.25, 0.3) is 6.08 Å². The third-order valence-electron chi connectivity index (χ3n) is 4.52. The Balaban J connectivity index is 1.94. The van der Waals surface area contributed by atoms with Crippen molar-refractivity contribution in [1.82, 2.24) is 0 Å². The molecule has 1 aliphatic rings. The first-order chi connectivity index (χ1) is 12.3. The molecule has 0 amide bonds. The van der Waals surface area contributed by atoms with Crippen molar-refractivity contribution in [3.8, 4) is 5.75 Å². The molecule has 0 spiro atoms. The number of ether oxygens (including phenoxy) is 1. The van der Waals surface area contributed by atoms with Gasteiger partial charge in [0.05, 0.1) is 0 Å². The molecular weight excluding hydrogens is 365 g/mol. The summed E-state index contributed by atoms with van der Waals surface area (Å²) in [6, 6.07) is 10.1. The molecular formula is C20H16ClF3O2. The SMILES string of the molecule is CCC1(C(F)(F)F)C=Cc2cc(Cl)c(Cc3ccc(C=O)cc3)cc2O1. The summed E-state index contributed by atoms with van der Waals surface area (Å²) in [5, 5.41) is 0.451. The molecule has 0 fully saturated rings. The quantitative estimate of drug-likeness (QED) is 0.621. The molecule has 0 aliphatic carbocycles. The summed E-state index contributed by atoms with van der Waals surface area (Å²) in [7, 11) is 0. The number of rotatable bonds is 4. The van der Waals surface area contributed by atoms with Crippen LogP contribution in [0.1, 0.15) is 40.4 Å². The number of aldehydes is 1. The van der Waals surface area contributed by atoms with Crippen molar-refractivity contribution in [2.24, 2.45) is 0 Å². The fourth-order valence-electron chi connectivity index (χ4n) is 2.90. The van der Waals surface area contributed by atoms with Crippen molar-refractivity contribution in [3.63, 3.8) is 0 Å². The Morgan fingerprint density at radius 3 is 2.46 bits per heavy atom. The maximum atomic E-state index is 13.5. The van der Waals surface area contributed by atoms with Crippen LogP contribution in [0.2, 0.25) is 5.02 Å². The highest BCUT2D eigenvalue weighted by molar-refractivity contribution is 6.31. The number of hydrogen-bond donors (Lipinski definition) is 0. The van der Waals surface area contributed by atoms with Crippen LogP contribution in [-0.2, 0) is 6.42 Å². The van der Waals surface area contributed by atoms with Crippen LogP contribution in [-0.4, -0.2) is 18.1 Å². The van der Waals surface area contributed by atoms with Gasteiger partial charge in [-0.3, -0.25) is 4.79 Å². The first kappa shape index (κ1) is 18.5. The Morgan fingerprint density at radius 1 is 1.19 bits per heavy atom. The van der Waals surface area contributed by atoms with Crippen LogP contribution in [0.4, 0.5) is 13.2 Å². The van der Waals surface area contributed by atoms with E-state index in [-0.39, 0.29) is 12.2 Å². The first-order valence-electron chi connectivity index (χ1n) is 8.09. The molecule has 136 valence electrons. The minimum absolute atomic E-state index is 0.163. The highest BCUT2D eigenvalue weighted by Crippen LogP contribution is 2.44. The number of alkyl halides is 3. The summed E-state index contributed by atoms with van der Waals surface area (Å²) in [5.74, 6) is 0.163. The van der Waals surface area contributed by atoms with Crippen LogP contribution in [0.15, 0.2) is 42.5 Å². The minimum Gasteiger partial charge on any atom is -0.473 e. The summed E-state index contributed by atoms with van der Waals surface area (Å²) in [5.41, 5.74) is 0.296. The minimum atomic E-state index is -4.51. The van der Waals surface area contributed by atoms with Crippen molar-refractivity contribution in [3.05, 3.63) is 69.8 Å². The zero-order valence-electron chi connectivity index (χ0n) is 13.9. The van der Waals surface area contributed by atoms with E-state index in [9.17, 15) is 18.0 Å². The van der Waals surface area contributed by atoms with Gasteiger partial charge in [-0.1, -0.05) is 48.9 Å². The van der Waals surface area contributed by atoms with E-state index in [4.69, 9.17) is 16.3 Å². The monoisotopic (exact) mass is 380 g/mol. The van der Waals surface area contributed by atoms with Gasteiger partial charge in [-0.15, -0.1) is 0 Å². The summed E-state index contributed by atoms with van der Waals surface area (Å²) in [4.78, 5) is 10.7. The van der Waals surface area contributed by atoms with Gasteiger partial charge >= 0.3 is 6.18 Å². The Bertz CT molecular complexity index is 857. The molecule has 0 saturated heterocycles.